The van der Waals surface area contributed by atoms with Crippen molar-refractivity contribution in [3.05, 3.63) is 0 Å². The second kappa shape index (κ2) is 4.83. The minimum Gasteiger partial charge on any atom is -0.391 e. The van der Waals surface area contributed by atoms with Gasteiger partial charge in [-0.05, 0) is 6.42 Å². The van der Waals surface area contributed by atoms with Crippen molar-refractivity contribution in [3.63, 3.8) is 0 Å². The van der Waals surface area contributed by atoms with Crippen molar-refractivity contribution in [2.24, 2.45) is 0 Å². The molecule has 0 radical (unpaired) electrons. The monoisotopic (exact) mass is 240 g/mol. The van der Waals surface area contributed by atoms with Crippen LogP contribution in [0.25, 0.3) is 0 Å². The molecule has 2 aliphatic rings. The fraction of sp³-hybridized carbons (Fsp3) is 0.727. The van der Waals surface area contributed by atoms with Gasteiger partial charge >= 0.3 is 0 Å². The lowest BCUT2D eigenvalue weighted by Crippen LogP contribution is -2.35. The molecule has 0 aromatic heterocycles. The number of carbonyl (C=O) groups is 3. The summed E-state index contributed by atoms with van der Waals surface area (Å²) in [5.41, 5.74) is 0. The minimum absolute atomic E-state index is 0.103. The number of nitrogens with zero attached hydrogens (tertiary/aromatic N) is 2. The first-order chi connectivity index (χ1) is 8.08. The molecule has 0 spiro atoms. The van der Waals surface area contributed by atoms with Crippen molar-refractivity contribution in [3.8, 4) is 0 Å². The van der Waals surface area contributed by atoms with Crippen LogP contribution >= 0.6 is 0 Å². The van der Waals surface area contributed by atoms with Crippen LogP contribution in [0.3, 0.4) is 0 Å². The highest BCUT2D eigenvalue weighted by Crippen LogP contribution is 2.14. The molecule has 2 saturated heterocycles. The number of hydrogen-bond donors (Lipinski definition) is 1. The predicted molar refractivity (Wildman–Crippen MR) is 57.8 cm³/mol. The Labute approximate surface area is 99.2 Å². The summed E-state index contributed by atoms with van der Waals surface area (Å²) in [6, 6.07) is 0. The molecule has 1 atom stereocenters. The number of likely N-dealkylation sites (tertiary alicyclic amines) is 2. The summed E-state index contributed by atoms with van der Waals surface area (Å²) >= 11 is 0. The fourth-order valence-corrected chi connectivity index (χ4v) is 2.21. The standard InChI is InChI=1S/C11H16N2O4/c14-8-3-5-12(7-8)9(15)4-6-13-10(16)1-2-11(13)17/h8,14H,1-7H2/t8-/m1/s1. The van der Waals surface area contributed by atoms with E-state index in [1.165, 1.54) is 0 Å². The zero-order valence-corrected chi connectivity index (χ0v) is 9.59. The van der Waals surface area contributed by atoms with Crippen LogP contribution in [0.1, 0.15) is 25.7 Å². The Morgan fingerprint density at radius 3 is 2.47 bits per heavy atom. The van der Waals surface area contributed by atoms with Gasteiger partial charge in [-0.3, -0.25) is 19.3 Å². The Morgan fingerprint density at radius 2 is 1.94 bits per heavy atom. The zero-order valence-electron chi connectivity index (χ0n) is 9.59. The van der Waals surface area contributed by atoms with Crippen molar-refractivity contribution in [1.29, 1.82) is 0 Å². The van der Waals surface area contributed by atoms with Gasteiger partial charge in [-0.25, -0.2) is 0 Å². The van der Waals surface area contributed by atoms with E-state index in [1.54, 1.807) is 4.90 Å². The maximum atomic E-state index is 11.7. The average molecular weight is 240 g/mol. The Morgan fingerprint density at radius 1 is 1.29 bits per heavy atom. The van der Waals surface area contributed by atoms with Gasteiger partial charge in [0.25, 0.3) is 0 Å². The first-order valence-corrected chi connectivity index (χ1v) is 5.87. The van der Waals surface area contributed by atoms with Gasteiger partial charge < -0.3 is 10.0 Å². The van der Waals surface area contributed by atoms with Gasteiger partial charge in [0.15, 0.2) is 0 Å². The Bertz CT molecular complexity index is 339. The Kier molecular flexibility index (Phi) is 3.42. The van der Waals surface area contributed by atoms with Gasteiger partial charge in [0.05, 0.1) is 6.10 Å². The molecule has 2 aliphatic heterocycles. The fourth-order valence-electron chi connectivity index (χ4n) is 2.21. The highest BCUT2D eigenvalue weighted by molar-refractivity contribution is 6.02. The molecule has 0 saturated carbocycles. The topological polar surface area (TPSA) is 77.9 Å². The van der Waals surface area contributed by atoms with Crippen LogP contribution in [0.4, 0.5) is 0 Å². The Balaban J connectivity index is 1.80. The number of amides is 3. The maximum Gasteiger partial charge on any atom is 0.229 e. The third-order valence-corrected chi connectivity index (χ3v) is 3.22. The number of aliphatic hydroxyl groups is 1. The molecule has 2 fully saturated rings. The normalized spacial score (nSPS) is 24.9. The lowest BCUT2D eigenvalue weighted by molar-refractivity contribution is -0.139. The van der Waals surface area contributed by atoms with E-state index >= 15 is 0 Å². The number of rotatable bonds is 3. The smallest absolute Gasteiger partial charge is 0.229 e. The molecule has 1 N–H and O–H groups in total. The first kappa shape index (κ1) is 12.0. The summed E-state index contributed by atoms with van der Waals surface area (Å²) in [4.78, 5) is 37.1. The minimum atomic E-state index is -0.436. The number of carbonyl (C=O) groups excluding carboxylic acids is 3. The number of imide groups is 1. The molecule has 2 rings (SSSR count). The van der Waals surface area contributed by atoms with Gasteiger partial charge in [-0.2, -0.15) is 0 Å². The molecule has 2 heterocycles. The van der Waals surface area contributed by atoms with Gasteiger partial charge in [0.1, 0.15) is 0 Å². The van der Waals surface area contributed by atoms with Crippen molar-refractivity contribution in [2.75, 3.05) is 19.6 Å². The highest BCUT2D eigenvalue weighted by atomic mass is 16.3. The van der Waals surface area contributed by atoms with Crippen molar-refractivity contribution >= 4 is 17.7 Å². The molecule has 94 valence electrons. The molecular formula is C11H16N2O4. The van der Waals surface area contributed by atoms with Crippen molar-refractivity contribution in [1.82, 2.24) is 9.80 Å². The van der Waals surface area contributed by atoms with Gasteiger partial charge in [0, 0.05) is 38.9 Å². The molecule has 0 aliphatic carbocycles. The summed E-state index contributed by atoms with van der Waals surface area (Å²) in [6.45, 7) is 1.09. The van der Waals surface area contributed by atoms with Crippen LogP contribution in [0.2, 0.25) is 0 Å². The van der Waals surface area contributed by atoms with Crippen molar-refractivity contribution in [2.45, 2.75) is 31.8 Å². The molecule has 0 unspecified atom stereocenters. The molecule has 0 bridgehead atoms. The molecular weight excluding hydrogens is 224 g/mol. The van der Waals surface area contributed by atoms with Gasteiger partial charge in [-0.1, -0.05) is 0 Å². The first-order valence-electron chi connectivity index (χ1n) is 5.87. The predicted octanol–water partition coefficient (Wildman–Crippen LogP) is -0.881. The average Bonchev–Trinajstić information content (AvgIpc) is 2.84. The lowest BCUT2D eigenvalue weighted by Gasteiger charge is -2.18. The summed E-state index contributed by atoms with van der Waals surface area (Å²) in [7, 11) is 0. The van der Waals surface area contributed by atoms with E-state index in [-0.39, 0.29) is 43.5 Å². The van der Waals surface area contributed by atoms with Crippen LogP contribution in [0.15, 0.2) is 0 Å². The Hall–Kier alpha value is -1.43. The molecule has 3 amide bonds. The third kappa shape index (κ3) is 2.63. The highest BCUT2D eigenvalue weighted by Gasteiger charge is 2.30. The SMILES string of the molecule is O=C(CCN1C(=O)CCC1=O)N1CC[C@@H](O)C1. The van der Waals surface area contributed by atoms with Crippen LogP contribution in [-0.4, -0.2) is 58.4 Å². The largest absolute Gasteiger partial charge is 0.391 e. The van der Waals surface area contributed by atoms with E-state index in [4.69, 9.17) is 0 Å². The zero-order chi connectivity index (χ0) is 12.4. The van der Waals surface area contributed by atoms with Crippen LogP contribution in [0.5, 0.6) is 0 Å². The lowest BCUT2D eigenvalue weighted by atomic mass is 10.3. The molecule has 6 heteroatoms. The second-order valence-corrected chi connectivity index (χ2v) is 4.47. The summed E-state index contributed by atoms with van der Waals surface area (Å²) < 4.78 is 0. The molecule has 17 heavy (non-hydrogen) atoms. The van der Waals surface area contributed by atoms with Gasteiger partial charge in [0.2, 0.25) is 17.7 Å². The summed E-state index contributed by atoms with van der Waals surface area (Å²) in [5, 5.41) is 9.30. The summed E-state index contributed by atoms with van der Waals surface area (Å²) in [6.07, 6.45) is 0.844. The van der Waals surface area contributed by atoms with Gasteiger partial charge in [-0.15, -0.1) is 0 Å². The quantitative estimate of drug-likeness (QED) is 0.650. The van der Waals surface area contributed by atoms with Crippen LogP contribution in [0, 0.1) is 0 Å². The second-order valence-electron chi connectivity index (χ2n) is 4.47. The summed E-state index contributed by atoms with van der Waals surface area (Å²) in [5.74, 6) is -0.484. The van der Waals surface area contributed by atoms with E-state index < -0.39 is 6.10 Å². The molecule has 0 aromatic carbocycles. The third-order valence-electron chi connectivity index (χ3n) is 3.22. The molecule has 0 aromatic rings. The molecule has 6 nitrogen and oxygen atoms in total. The van der Waals surface area contributed by atoms with E-state index in [1.807, 2.05) is 0 Å². The van der Waals surface area contributed by atoms with E-state index in [0.29, 0.717) is 19.5 Å². The maximum absolute atomic E-state index is 11.7. The van der Waals surface area contributed by atoms with Crippen LogP contribution < -0.4 is 0 Å². The van der Waals surface area contributed by atoms with E-state index in [0.717, 1.165) is 4.90 Å². The number of hydrogen-bond acceptors (Lipinski definition) is 4. The van der Waals surface area contributed by atoms with Crippen molar-refractivity contribution < 1.29 is 19.5 Å². The van der Waals surface area contributed by atoms with E-state index in [9.17, 15) is 19.5 Å². The van der Waals surface area contributed by atoms with E-state index in [2.05, 4.69) is 0 Å². The number of β-amino-alcohol motifs (C(OH)–C–C–N with tert-alkyl or cyclic N) is 1. The number of aliphatic hydroxyl groups excluding tert-OH is 1. The van der Waals surface area contributed by atoms with Crippen LogP contribution in [-0.2, 0) is 14.4 Å².